The van der Waals surface area contributed by atoms with Gasteiger partial charge in [-0.3, -0.25) is 0 Å². The summed E-state index contributed by atoms with van der Waals surface area (Å²) < 4.78 is 29.3. The second kappa shape index (κ2) is 5.13. The maximum absolute atomic E-state index is 12.0. The first kappa shape index (κ1) is 14.3. The van der Waals surface area contributed by atoms with Crippen molar-refractivity contribution in [3.63, 3.8) is 0 Å². The lowest BCUT2D eigenvalue weighted by Gasteiger charge is -2.37. The Bertz CT molecular complexity index is 534. The Morgan fingerprint density at radius 3 is 2.47 bits per heavy atom. The molecule has 1 aromatic carbocycles. The van der Waals surface area contributed by atoms with E-state index in [4.69, 9.17) is 4.74 Å². The fourth-order valence-electron chi connectivity index (χ4n) is 2.56. The number of nitrogens with one attached hydrogen (secondary N) is 1. The van der Waals surface area contributed by atoms with Gasteiger partial charge in [0.05, 0.1) is 18.1 Å². The van der Waals surface area contributed by atoms with Gasteiger partial charge in [-0.1, -0.05) is 12.1 Å². The molecule has 0 aromatic heterocycles. The van der Waals surface area contributed by atoms with Gasteiger partial charge in [0.1, 0.15) is 5.75 Å². The molecule has 1 aliphatic rings. The molecular weight excluding hydrogens is 262 g/mol. The first-order valence-electron chi connectivity index (χ1n) is 6.52. The van der Waals surface area contributed by atoms with Crippen LogP contribution in [0.5, 0.6) is 5.75 Å². The molecule has 1 heterocycles. The molecule has 0 aliphatic carbocycles. The molecule has 1 aromatic rings. The van der Waals surface area contributed by atoms with Crippen molar-refractivity contribution < 1.29 is 13.2 Å². The second-order valence-electron chi connectivity index (χ2n) is 5.64. The van der Waals surface area contributed by atoms with Gasteiger partial charge in [0, 0.05) is 11.6 Å². The van der Waals surface area contributed by atoms with E-state index in [1.807, 2.05) is 45.0 Å². The van der Waals surface area contributed by atoms with Gasteiger partial charge in [-0.2, -0.15) is 0 Å². The zero-order valence-corrected chi connectivity index (χ0v) is 12.5. The second-order valence-corrected chi connectivity index (χ2v) is 7.75. The van der Waals surface area contributed by atoms with Gasteiger partial charge in [0.15, 0.2) is 9.84 Å². The van der Waals surface area contributed by atoms with Crippen LogP contribution in [0.3, 0.4) is 0 Å². The van der Waals surface area contributed by atoms with E-state index >= 15 is 0 Å². The number of benzene rings is 1. The molecule has 2 rings (SSSR count). The van der Waals surface area contributed by atoms with E-state index in [-0.39, 0.29) is 23.1 Å². The standard InChI is InChI=1S/C14H21NO3S/c1-4-18-12-7-5-11(6-8-12)13-9-19(16,17)10-14(2,3)15-13/h5-8,13,15H,4,9-10H2,1-3H3. The van der Waals surface area contributed by atoms with Crippen LogP contribution >= 0.6 is 0 Å². The molecule has 0 spiro atoms. The van der Waals surface area contributed by atoms with E-state index in [9.17, 15) is 8.42 Å². The maximum Gasteiger partial charge on any atom is 0.153 e. The summed E-state index contributed by atoms with van der Waals surface area (Å²) in [5, 5.41) is 3.40. The predicted octanol–water partition coefficient (Wildman–Crippen LogP) is 1.92. The van der Waals surface area contributed by atoms with Crippen molar-refractivity contribution in [3.05, 3.63) is 29.8 Å². The predicted molar refractivity (Wildman–Crippen MR) is 76.2 cm³/mol. The molecule has 0 amide bonds. The van der Waals surface area contributed by atoms with Crippen molar-refractivity contribution in [3.8, 4) is 5.75 Å². The highest BCUT2D eigenvalue weighted by molar-refractivity contribution is 7.91. The molecule has 19 heavy (non-hydrogen) atoms. The summed E-state index contributed by atoms with van der Waals surface area (Å²) in [5.41, 5.74) is 0.597. The lowest BCUT2D eigenvalue weighted by Crippen LogP contribution is -2.54. The summed E-state index contributed by atoms with van der Waals surface area (Å²) in [6.07, 6.45) is 0. The molecular formula is C14H21NO3S. The van der Waals surface area contributed by atoms with Crippen molar-refractivity contribution in [2.45, 2.75) is 32.4 Å². The van der Waals surface area contributed by atoms with E-state index < -0.39 is 9.84 Å². The van der Waals surface area contributed by atoms with Gasteiger partial charge in [-0.15, -0.1) is 0 Å². The van der Waals surface area contributed by atoms with E-state index in [0.717, 1.165) is 11.3 Å². The fraction of sp³-hybridized carbons (Fsp3) is 0.571. The van der Waals surface area contributed by atoms with Crippen LogP contribution in [0, 0.1) is 0 Å². The molecule has 5 heteroatoms. The Labute approximate surface area is 115 Å². The summed E-state index contributed by atoms with van der Waals surface area (Å²) in [4.78, 5) is 0. The molecule has 1 N–H and O–H groups in total. The molecule has 1 saturated heterocycles. The highest BCUT2D eigenvalue weighted by Crippen LogP contribution is 2.27. The van der Waals surface area contributed by atoms with Crippen molar-refractivity contribution in [1.82, 2.24) is 5.32 Å². The lowest BCUT2D eigenvalue weighted by molar-refractivity contribution is 0.339. The summed E-state index contributed by atoms with van der Waals surface area (Å²) >= 11 is 0. The van der Waals surface area contributed by atoms with Crippen LogP contribution in [-0.2, 0) is 9.84 Å². The highest BCUT2D eigenvalue weighted by Gasteiger charge is 2.36. The van der Waals surface area contributed by atoms with Gasteiger partial charge < -0.3 is 10.1 Å². The molecule has 106 valence electrons. The number of hydrogen-bond acceptors (Lipinski definition) is 4. The third-order valence-electron chi connectivity index (χ3n) is 3.16. The topological polar surface area (TPSA) is 55.4 Å². The Hall–Kier alpha value is -1.07. The van der Waals surface area contributed by atoms with Crippen LogP contribution in [0.25, 0.3) is 0 Å². The van der Waals surface area contributed by atoms with Crippen molar-refractivity contribution in [2.24, 2.45) is 0 Å². The molecule has 0 bridgehead atoms. The zero-order chi connectivity index (χ0) is 14.1. The number of sulfone groups is 1. The maximum atomic E-state index is 12.0. The Kier molecular flexibility index (Phi) is 3.87. The number of hydrogen-bond donors (Lipinski definition) is 1. The van der Waals surface area contributed by atoms with Gasteiger partial charge in [-0.25, -0.2) is 8.42 Å². The van der Waals surface area contributed by atoms with E-state index in [2.05, 4.69) is 5.32 Å². The molecule has 1 atom stereocenters. The summed E-state index contributed by atoms with van der Waals surface area (Å²) in [6, 6.07) is 7.48. The third-order valence-corrected chi connectivity index (χ3v) is 5.16. The van der Waals surface area contributed by atoms with Crippen molar-refractivity contribution in [1.29, 1.82) is 0 Å². The first-order chi connectivity index (χ1) is 8.81. The highest BCUT2D eigenvalue weighted by atomic mass is 32.2. The largest absolute Gasteiger partial charge is 0.494 e. The van der Waals surface area contributed by atoms with Crippen molar-refractivity contribution in [2.75, 3.05) is 18.1 Å². The van der Waals surface area contributed by atoms with Crippen LogP contribution in [-0.4, -0.2) is 32.1 Å². The minimum Gasteiger partial charge on any atom is -0.494 e. The van der Waals surface area contributed by atoms with Gasteiger partial charge >= 0.3 is 0 Å². The van der Waals surface area contributed by atoms with E-state index in [0.29, 0.717) is 6.61 Å². The van der Waals surface area contributed by atoms with E-state index in [1.165, 1.54) is 0 Å². The Morgan fingerprint density at radius 2 is 1.95 bits per heavy atom. The average Bonchev–Trinajstić information content (AvgIpc) is 2.26. The minimum atomic E-state index is -3.00. The van der Waals surface area contributed by atoms with Gasteiger partial charge in [-0.05, 0) is 38.5 Å². The molecule has 0 saturated carbocycles. The zero-order valence-electron chi connectivity index (χ0n) is 11.6. The van der Waals surface area contributed by atoms with Crippen LogP contribution in [0.15, 0.2) is 24.3 Å². The normalized spacial score (nSPS) is 24.9. The molecule has 0 radical (unpaired) electrons. The lowest BCUT2D eigenvalue weighted by atomic mass is 10.0. The van der Waals surface area contributed by atoms with Crippen LogP contribution in [0.4, 0.5) is 0 Å². The smallest absolute Gasteiger partial charge is 0.153 e. The number of rotatable bonds is 3. The molecule has 1 unspecified atom stereocenters. The summed E-state index contributed by atoms with van der Waals surface area (Å²) in [7, 11) is -3.00. The SMILES string of the molecule is CCOc1ccc(C2CS(=O)(=O)CC(C)(C)N2)cc1. The van der Waals surface area contributed by atoms with Crippen LogP contribution < -0.4 is 10.1 Å². The molecule has 1 fully saturated rings. The Morgan fingerprint density at radius 1 is 1.32 bits per heavy atom. The quantitative estimate of drug-likeness (QED) is 0.921. The van der Waals surface area contributed by atoms with E-state index in [1.54, 1.807) is 0 Å². The molecule has 1 aliphatic heterocycles. The Balaban J connectivity index is 2.21. The number of ether oxygens (including phenoxy) is 1. The molecule has 4 nitrogen and oxygen atoms in total. The first-order valence-corrected chi connectivity index (χ1v) is 8.34. The summed E-state index contributed by atoms with van der Waals surface area (Å²) in [6.45, 7) is 6.41. The van der Waals surface area contributed by atoms with Crippen molar-refractivity contribution >= 4 is 9.84 Å². The minimum absolute atomic E-state index is 0.149. The van der Waals surface area contributed by atoms with Gasteiger partial charge in [0.25, 0.3) is 0 Å². The monoisotopic (exact) mass is 283 g/mol. The summed E-state index contributed by atoms with van der Waals surface area (Å²) in [5.74, 6) is 1.15. The average molecular weight is 283 g/mol. The van der Waals surface area contributed by atoms with Crippen LogP contribution in [0.1, 0.15) is 32.4 Å². The van der Waals surface area contributed by atoms with Gasteiger partial charge in [0.2, 0.25) is 0 Å². The fourth-order valence-corrected chi connectivity index (χ4v) is 4.64. The third kappa shape index (κ3) is 3.70. The van der Waals surface area contributed by atoms with Crippen LogP contribution in [0.2, 0.25) is 0 Å².